The second kappa shape index (κ2) is 12.6. The van der Waals surface area contributed by atoms with Gasteiger partial charge in [-0.3, -0.25) is 9.79 Å². The van der Waals surface area contributed by atoms with Gasteiger partial charge in [0.05, 0.1) is 6.54 Å². The zero-order valence-electron chi connectivity index (χ0n) is 15.7. The standard InChI is InChI=1S/C16H30F3N5O.HI/c1-4-5-8-24-9-6-13(7-10-24)22-15(20-2)21-11-14(25)23(3)12-16(17,18)19;/h13H,4-12H2,1-3H3,(H2,20,21,22);1H. The number of carbonyl (C=O) groups is 1. The van der Waals surface area contributed by atoms with E-state index in [1.807, 2.05) is 0 Å². The number of rotatable bonds is 7. The largest absolute Gasteiger partial charge is 0.406 e. The lowest BCUT2D eigenvalue weighted by Crippen LogP contribution is -2.51. The van der Waals surface area contributed by atoms with Crippen LogP contribution < -0.4 is 10.6 Å². The van der Waals surface area contributed by atoms with Crippen molar-refractivity contribution < 1.29 is 18.0 Å². The summed E-state index contributed by atoms with van der Waals surface area (Å²) in [7, 11) is 2.72. The molecule has 10 heteroatoms. The summed E-state index contributed by atoms with van der Waals surface area (Å²) in [5.41, 5.74) is 0. The van der Waals surface area contributed by atoms with E-state index in [1.54, 1.807) is 7.05 Å². The van der Waals surface area contributed by atoms with Gasteiger partial charge in [-0.2, -0.15) is 13.2 Å². The number of aliphatic imine (C=N–C) groups is 1. The van der Waals surface area contributed by atoms with Gasteiger partial charge in [0.1, 0.15) is 6.54 Å². The third-order valence-electron chi connectivity index (χ3n) is 4.23. The van der Waals surface area contributed by atoms with Gasteiger partial charge >= 0.3 is 6.18 Å². The van der Waals surface area contributed by atoms with Crippen molar-refractivity contribution in [2.45, 2.75) is 44.8 Å². The number of nitrogens with zero attached hydrogens (tertiary/aromatic N) is 3. The Kier molecular flexibility index (Phi) is 12.2. The molecular formula is C16H31F3IN5O. The van der Waals surface area contributed by atoms with Crippen LogP contribution in [0.15, 0.2) is 4.99 Å². The number of alkyl halides is 3. The summed E-state index contributed by atoms with van der Waals surface area (Å²) in [6.07, 6.45) is -0.0464. The molecule has 1 saturated heterocycles. The van der Waals surface area contributed by atoms with E-state index in [0.717, 1.165) is 39.5 Å². The molecule has 0 spiro atoms. The van der Waals surface area contributed by atoms with E-state index < -0.39 is 18.6 Å². The molecule has 0 aliphatic carbocycles. The van der Waals surface area contributed by atoms with Gasteiger partial charge in [-0.05, 0) is 25.8 Å². The highest BCUT2D eigenvalue weighted by Gasteiger charge is 2.31. The van der Waals surface area contributed by atoms with Crippen molar-refractivity contribution in [1.82, 2.24) is 20.4 Å². The Bertz CT molecular complexity index is 440. The molecule has 6 nitrogen and oxygen atoms in total. The van der Waals surface area contributed by atoms with Gasteiger partial charge in [0.25, 0.3) is 0 Å². The van der Waals surface area contributed by atoms with Crippen LogP contribution in [0.5, 0.6) is 0 Å². The van der Waals surface area contributed by atoms with E-state index in [9.17, 15) is 18.0 Å². The normalized spacial score (nSPS) is 16.8. The number of carbonyl (C=O) groups excluding carboxylic acids is 1. The first-order valence-electron chi connectivity index (χ1n) is 8.75. The highest BCUT2D eigenvalue weighted by atomic mass is 127. The highest BCUT2D eigenvalue weighted by molar-refractivity contribution is 14.0. The SMILES string of the molecule is CCCCN1CCC(NC(=NC)NCC(=O)N(C)CC(F)(F)F)CC1.I. The van der Waals surface area contributed by atoms with Crippen LogP contribution in [0.2, 0.25) is 0 Å². The number of halogens is 4. The van der Waals surface area contributed by atoms with Crippen LogP contribution in [-0.4, -0.2) is 80.7 Å². The van der Waals surface area contributed by atoms with Crippen molar-refractivity contribution >= 4 is 35.8 Å². The van der Waals surface area contributed by atoms with Crippen molar-refractivity contribution in [3.05, 3.63) is 0 Å². The second-order valence-corrected chi connectivity index (χ2v) is 6.40. The number of unbranched alkanes of at least 4 members (excludes halogenated alkanes) is 1. The third-order valence-corrected chi connectivity index (χ3v) is 4.23. The molecule has 0 radical (unpaired) electrons. The zero-order valence-corrected chi connectivity index (χ0v) is 18.1. The Balaban J connectivity index is 0.00000625. The molecule has 0 bridgehead atoms. The van der Waals surface area contributed by atoms with E-state index in [4.69, 9.17) is 0 Å². The number of nitrogens with one attached hydrogen (secondary N) is 2. The van der Waals surface area contributed by atoms with Crippen LogP contribution in [0.25, 0.3) is 0 Å². The first kappa shape index (κ1) is 25.2. The fourth-order valence-electron chi connectivity index (χ4n) is 2.72. The molecule has 1 aliphatic rings. The topological polar surface area (TPSA) is 60.0 Å². The van der Waals surface area contributed by atoms with Crippen LogP contribution in [0.3, 0.4) is 0 Å². The maximum Gasteiger partial charge on any atom is 0.406 e. The lowest BCUT2D eigenvalue weighted by atomic mass is 10.0. The minimum atomic E-state index is -4.39. The summed E-state index contributed by atoms with van der Waals surface area (Å²) in [5.74, 6) is -0.185. The van der Waals surface area contributed by atoms with Crippen LogP contribution in [0, 0.1) is 0 Å². The predicted molar refractivity (Wildman–Crippen MR) is 108 cm³/mol. The Morgan fingerprint density at radius 3 is 2.42 bits per heavy atom. The predicted octanol–water partition coefficient (Wildman–Crippen LogP) is 2.05. The monoisotopic (exact) mass is 493 g/mol. The van der Waals surface area contributed by atoms with Crippen molar-refractivity contribution in [1.29, 1.82) is 0 Å². The smallest absolute Gasteiger partial charge is 0.354 e. The maximum absolute atomic E-state index is 12.3. The number of hydrogen-bond acceptors (Lipinski definition) is 3. The van der Waals surface area contributed by atoms with Gasteiger partial charge in [0, 0.05) is 33.2 Å². The Labute approximate surface area is 171 Å². The Morgan fingerprint density at radius 1 is 1.31 bits per heavy atom. The average molecular weight is 493 g/mol. The molecule has 26 heavy (non-hydrogen) atoms. The van der Waals surface area contributed by atoms with Gasteiger partial charge in [0.2, 0.25) is 5.91 Å². The van der Waals surface area contributed by atoms with Crippen molar-refractivity contribution in [2.75, 3.05) is 46.8 Å². The summed E-state index contributed by atoms with van der Waals surface area (Å²) < 4.78 is 36.9. The fourth-order valence-corrected chi connectivity index (χ4v) is 2.72. The Morgan fingerprint density at radius 2 is 1.92 bits per heavy atom. The second-order valence-electron chi connectivity index (χ2n) is 6.40. The molecule has 0 atom stereocenters. The van der Waals surface area contributed by atoms with Gasteiger partial charge in [-0.25, -0.2) is 0 Å². The molecular weight excluding hydrogens is 462 g/mol. The quantitative estimate of drug-likeness (QED) is 0.324. The van der Waals surface area contributed by atoms with Crippen LogP contribution in [-0.2, 0) is 4.79 Å². The number of likely N-dealkylation sites (N-methyl/N-ethyl adjacent to an activating group) is 1. The number of hydrogen-bond donors (Lipinski definition) is 2. The summed E-state index contributed by atoms with van der Waals surface area (Å²) in [6.45, 7) is 3.86. The third kappa shape index (κ3) is 10.4. The van der Waals surface area contributed by atoms with E-state index in [1.165, 1.54) is 12.8 Å². The van der Waals surface area contributed by atoms with Crippen LogP contribution in [0.1, 0.15) is 32.6 Å². The van der Waals surface area contributed by atoms with E-state index in [0.29, 0.717) is 10.9 Å². The summed E-state index contributed by atoms with van der Waals surface area (Å²) in [4.78, 5) is 18.9. The van der Waals surface area contributed by atoms with Gasteiger partial charge in [-0.15, -0.1) is 24.0 Å². The molecule has 2 N–H and O–H groups in total. The summed E-state index contributed by atoms with van der Waals surface area (Å²) in [5, 5.41) is 6.04. The average Bonchev–Trinajstić information content (AvgIpc) is 2.55. The number of guanidine groups is 1. The van der Waals surface area contributed by atoms with E-state index in [2.05, 4.69) is 27.4 Å². The number of likely N-dealkylation sites (tertiary alicyclic amines) is 1. The van der Waals surface area contributed by atoms with E-state index >= 15 is 0 Å². The molecule has 0 aromatic carbocycles. The molecule has 0 saturated carbocycles. The zero-order chi connectivity index (χ0) is 18.9. The molecule has 1 fully saturated rings. The van der Waals surface area contributed by atoms with Crippen LogP contribution in [0.4, 0.5) is 13.2 Å². The first-order chi connectivity index (χ1) is 11.7. The summed E-state index contributed by atoms with van der Waals surface area (Å²) in [6, 6.07) is 0.257. The van der Waals surface area contributed by atoms with Crippen molar-refractivity contribution in [3.63, 3.8) is 0 Å². The Hall–Kier alpha value is -0.780. The number of piperidine rings is 1. The number of amides is 1. The molecule has 1 rings (SSSR count). The molecule has 1 amide bonds. The highest BCUT2D eigenvalue weighted by Crippen LogP contribution is 2.15. The molecule has 0 aromatic rings. The van der Waals surface area contributed by atoms with Crippen molar-refractivity contribution in [3.8, 4) is 0 Å². The molecule has 1 aliphatic heterocycles. The summed E-state index contributed by atoms with van der Waals surface area (Å²) >= 11 is 0. The van der Waals surface area contributed by atoms with Crippen molar-refractivity contribution in [2.24, 2.45) is 4.99 Å². The van der Waals surface area contributed by atoms with Gasteiger partial charge < -0.3 is 20.4 Å². The molecule has 1 heterocycles. The molecule has 0 aromatic heterocycles. The van der Waals surface area contributed by atoms with E-state index in [-0.39, 0.29) is 36.6 Å². The van der Waals surface area contributed by atoms with Gasteiger partial charge in [-0.1, -0.05) is 13.3 Å². The maximum atomic E-state index is 12.3. The first-order valence-corrected chi connectivity index (χ1v) is 8.75. The minimum absolute atomic E-state index is 0. The molecule has 154 valence electrons. The lowest BCUT2D eigenvalue weighted by molar-refractivity contribution is -0.157. The van der Waals surface area contributed by atoms with Gasteiger partial charge in [0.15, 0.2) is 5.96 Å². The van der Waals surface area contributed by atoms with Crippen LogP contribution >= 0.6 is 24.0 Å². The fraction of sp³-hybridized carbons (Fsp3) is 0.875. The minimum Gasteiger partial charge on any atom is -0.354 e. The lowest BCUT2D eigenvalue weighted by Gasteiger charge is -2.33. The molecule has 0 unspecified atom stereocenters.